The fourth-order valence-corrected chi connectivity index (χ4v) is 3.95. The first kappa shape index (κ1) is 32.1. The van der Waals surface area contributed by atoms with E-state index >= 15 is 0 Å². The van der Waals surface area contributed by atoms with E-state index in [0.717, 1.165) is 0 Å². The van der Waals surface area contributed by atoms with Gasteiger partial charge in [-0.2, -0.15) is 0 Å². The summed E-state index contributed by atoms with van der Waals surface area (Å²) in [6.45, 7) is 4.90. The summed E-state index contributed by atoms with van der Waals surface area (Å²) in [4.78, 5) is 50.8. The van der Waals surface area contributed by atoms with Gasteiger partial charge in [0.2, 0.25) is 17.7 Å². The van der Waals surface area contributed by atoms with E-state index in [0.29, 0.717) is 11.1 Å². The SMILES string of the molecule is CC(C)CC(NC(=O)C(Cc1ccc(O)cc1)NC(=O)C(NC(=O)C(N)Cc1ccc(O)cc1)C(C)O)C(=O)O. The number of carboxylic acids is 1. The van der Waals surface area contributed by atoms with Crippen LogP contribution in [0.5, 0.6) is 11.5 Å². The first-order chi connectivity index (χ1) is 18.8. The molecule has 40 heavy (non-hydrogen) atoms. The Kier molecular flexibility index (Phi) is 11.9. The average Bonchev–Trinajstić information content (AvgIpc) is 2.88. The number of aromatic hydroxyl groups is 2. The molecular formula is C28H38N4O8. The van der Waals surface area contributed by atoms with Gasteiger partial charge in [-0.05, 0) is 61.1 Å². The molecule has 5 atom stereocenters. The summed E-state index contributed by atoms with van der Waals surface area (Å²) in [7, 11) is 0. The number of carbonyl (C=O) groups excluding carboxylic acids is 3. The van der Waals surface area contributed by atoms with Crippen molar-refractivity contribution in [2.24, 2.45) is 11.7 Å². The highest BCUT2D eigenvalue weighted by Crippen LogP contribution is 2.14. The zero-order chi connectivity index (χ0) is 30.0. The Morgan fingerprint density at radius 1 is 0.725 bits per heavy atom. The van der Waals surface area contributed by atoms with Crippen molar-refractivity contribution in [1.82, 2.24) is 16.0 Å². The van der Waals surface area contributed by atoms with Crippen molar-refractivity contribution >= 4 is 23.7 Å². The molecule has 218 valence electrons. The van der Waals surface area contributed by atoms with Crippen molar-refractivity contribution < 1.29 is 39.6 Å². The van der Waals surface area contributed by atoms with Gasteiger partial charge in [0.05, 0.1) is 12.1 Å². The standard InChI is InChI=1S/C28H38N4O8/c1-15(2)12-23(28(39)40)31-26(37)22(14-18-6-10-20(35)11-7-18)30-27(38)24(16(3)33)32-25(36)21(29)13-17-4-8-19(34)9-5-17/h4-11,15-16,21-24,33-35H,12-14,29H2,1-3H3,(H,30,38)(H,31,37)(H,32,36)(H,39,40). The minimum Gasteiger partial charge on any atom is -0.508 e. The van der Waals surface area contributed by atoms with Crippen molar-refractivity contribution in [2.75, 3.05) is 0 Å². The van der Waals surface area contributed by atoms with Gasteiger partial charge in [-0.1, -0.05) is 38.1 Å². The minimum atomic E-state index is -1.47. The Morgan fingerprint density at radius 2 is 1.20 bits per heavy atom. The minimum absolute atomic E-state index is 0.00261. The smallest absolute Gasteiger partial charge is 0.326 e. The third kappa shape index (κ3) is 10.2. The van der Waals surface area contributed by atoms with Gasteiger partial charge in [-0.3, -0.25) is 14.4 Å². The van der Waals surface area contributed by atoms with Crippen molar-refractivity contribution in [3.8, 4) is 11.5 Å². The summed E-state index contributed by atoms with van der Waals surface area (Å²) >= 11 is 0. The van der Waals surface area contributed by atoms with E-state index in [1.165, 1.54) is 31.2 Å². The van der Waals surface area contributed by atoms with Gasteiger partial charge < -0.3 is 42.1 Å². The summed E-state index contributed by atoms with van der Waals surface area (Å²) in [5.41, 5.74) is 7.22. The van der Waals surface area contributed by atoms with Gasteiger partial charge in [0, 0.05) is 6.42 Å². The Morgan fingerprint density at radius 3 is 1.65 bits per heavy atom. The van der Waals surface area contributed by atoms with Crippen LogP contribution in [0.2, 0.25) is 0 Å². The molecule has 2 aromatic rings. The van der Waals surface area contributed by atoms with E-state index in [1.54, 1.807) is 38.1 Å². The number of hydrogen-bond acceptors (Lipinski definition) is 8. The van der Waals surface area contributed by atoms with Crippen molar-refractivity contribution in [3.63, 3.8) is 0 Å². The van der Waals surface area contributed by atoms with Gasteiger partial charge in [-0.25, -0.2) is 4.79 Å². The number of aliphatic hydroxyl groups excluding tert-OH is 1. The average molecular weight is 559 g/mol. The zero-order valence-corrected chi connectivity index (χ0v) is 22.7. The number of carboxylic acid groups (broad SMARTS) is 1. The Balaban J connectivity index is 2.20. The number of phenols is 2. The maximum atomic E-state index is 13.2. The molecule has 0 aliphatic carbocycles. The molecular weight excluding hydrogens is 520 g/mol. The summed E-state index contributed by atoms with van der Waals surface area (Å²) in [5, 5.41) is 46.2. The monoisotopic (exact) mass is 558 g/mol. The van der Waals surface area contributed by atoms with Gasteiger partial charge >= 0.3 is 5.97 Å². The third-order valence-corrected chi connectivity index (χ3v) is 6.12. The van der Waals surface area contributed by atoms with Gasteiger partial charge in [0.1, 0.15) is 29.6 Å². The highest BCUT2D eigenvalue weighted by molar-refractivity contribution is 5.94. The van der Waals surface area contributed by atoms with Crippen LogP contribution < -0.4 is 21.7 Å². The highest BCUT2D eigenvalue weighted by Gasteiger charge is 2.32. The summed E-state index contributed by atoms with van der Waals surface area (Å²) in [6.07, 6.45) is -1.17. The molecule has 0 radical (unpaired) electrons. The molecule has 0 bridgehead atoms. The second kappa shape index (κ2) is 14.8. The van der Waals surface area contributed by atoms with Crippen LogP contribution in [0.3, 0.4) is 0 Å². The predicted octanol–water partition coefficient (Wildman–Crippen LogP) is 0.176. The lowest BCUT2D eigenvalue weighted by Crippen LogP contribution is -2.60. The number of hydrogen-bond donors (Lipinski definition) is 8. The second-order valence-corrected chi connectivity index (χ2v) is 10.2. The zero-order valence-electron chi connectivity index (χ0n) is 22.7. The van der Waals surface area contributed by atoms with E-state index in [1.807, 2.05) is 0 Å². The second-order valence-electron chi connectivity index (χ2n) is 10.2. The van der Waals surface area contributed by atoms with Gasteiger partial charge in [0.15, 0.2) is 0 Å². The van der Waals surface area contributed by atoms with Crippen LogP contribution in [0.25, 0.3) is 0 Å². The molecule has 0 saturated heterocycles. The van der Waals surface area contributed by atoms with Crippen LogP contribution in [-0.2, 0) is 32.0 Å². The van der Waals surface area contributed by atoms with Crippen LogP contribution in [-0.4, -0.2) is 74.4 Å². The summed E-state index contributed by atoms with van der Waals surface area (Å²) in [6, 6.07) is 6.95. The molecule has 0 spiro atoms. The predicted molar refractivity (Wildman–Crippen MR) is 146 cm³/mol. The molecule has 0 aliphatic rings. The number of benzene rings is 2. The van der Waals surface area contributed by atoms with E-state index < -0.39 is 54.0 Å². The molecule has 12 heteroatoms. The molecule has 9 N–H and O–H groups in total. The number of aliphatic hydroxyl groups is 1. The first-order valence-electron chi connectivity index (χ1n) is 12.9. The number of amides is 3. The van der Waals surface area contributed by atoms with Crippen molar-refractivity contribution in [3.05, 3.63) is 59.7 Å². The number of nitrogens with one attached hydrogen (secondary N) is 3. The van der Waals surface area contributed by atoms with Gasteiger partial charge in [0.25, 0.3) is 0 Å². The Labute approximate surface area is 232 Å². The Hall–Kier alpha value is -4.16. The lowest BCUT2D eigenvalue weighted by Gasteiger charge is -2.27. The van der Waals surface area contributed by atoms with Crippen LogP contribution in [0.1, 0.15) is 38.3 Å². The number of carbonyl (C=O) groups is 4. The lowest BCUT2D eigenvalue weighted by molar-refractivity contribution is -0.143. The molecule has 0 heterocycles. The molecule has 0 saturated carbocycles. The van der Waals surface area contributed by atoms with Crippen LogP contribution >= 0.6 is 0 Å². The number of nitrogens with two attached hydrogens (primary N) is 1. The van der Waals surface area contributed by atoms with Crippen molar-refractivity contribution in [1.29, 1.82) is 0 Å². The number of rotatable bonds is 14. The van der Waals surface area contributed by atoms with E-state index in [4.69, 9.17) is 5.73 Å². The summed E-state index contributed by atoms with van der Waals surface area (Å²) < 4.78 is 0. The van der Waals surface area contributed by atoms with Crippen LogP contribution in [0.15, 0.2) is 48.5 Å². The third-order valence-electron chi connectivity index (χ3n) is 6.12. The fraction of sp³-hybridized carbons (Fsp3) is 0.429. The molecule has 2 aromatic carbocycles. The molecule has 3 amide bonds. The molecule has 5 unspecified atom stereocenters. The van der Waals surface area contributed by atoms with E-state index in [2.05, 4.69) is 16.0 Å². The van der Waals surface area contributed by atoms with Crippen molar-refractivity contribution in [2.45, 2.75) is 70.3 Å². The van der Waals surface area contributed by atoms with Crippen LogP contribution in [0, 0.1) is 5.92 Å². The van der Waals surface area contributed by atoms with E-state index in [-0.39, 0.29) is 36.7 Å². The molecule has 2 rings (SSSR count). The van der Waals surface area contributed by atoms with Crippen LogP contribution in [0.4, 0.5) is 0 Å². The first-order valence-corrected chi connectivity index (χ1v) is 12.9. The summed E-state index contributed by atoms with van der Waals surface area (Å²) in [5.74, 6) is -3.59. The topological polar surface area (TPSA) is 211 Å². The van der Waals surface area contributed by atoms with Gasteiger partial charge in [-0.15, -0.1) is 0 Å². The molecule has 0 fully saturated rings. The molecule has 12 nitrogen and oxygen atoms in total. The quantitative estimate of drug-likeness (QED) is 0.159. The highest BCUT2D eigenvalue weighted by atomic mass is 16.4. The number of aliphatic carboxylic acids is 1. The Bertz CT molecular complexity index is 1150. The largest absolute Gasteiger partial charge is 0.508 e. The maximum Gasteiger partial charge on any atom is 0.326 e. The number of phenolic OH excluding ortho intramolecular Hbond substituents is 2. The lowest BCUT2D eigenvalue weighted by atomic mass is 10.0. The fourth-order valence-electron chi connectivity index (χ4n) is 3.95. The molecule has 0 aromatic heterocycles. The molecule has 0 aliphatic heterocycles. The maximum absolute atomic E-state index is 13.2. The normalized spacial score (nSPS) is 14.8. The van der Waals surface area contributed by atoms with E-state index in [9.17, 15) is 39.6 Å².